The molecule has 1 saturated carbocycles. The number of fused-ring (bicyclic) bond motifs is 1. The maximum absolute atomic E-state index is 13.7. The summed E-state index contributed by atoms with van der Waals surface area (Å²) in [5.74, 6) is -1.82. The van der Waals surface area contributed by atoms with Gasteiger partial charge in [0.05, 0.1) is 18.6 Å². The Morgan fingerprint density at radius 3 is 2.07 bits per heavy atom. The first-order chi connectivity index (χ1) is 13.6. The summed E-state index contributed by atoms with van der Waals surface area (Å²) >= 11 is 3.53. The molecule has 0 radical (unpaired) electrons. The Hall–Kier alpha value is -1.61. The fraction of sp³-hybridized carbons (Fsp3) is 0.500. The maximum atomic E-state index is 13.7. The van der Waals surface area contributed by atoms with Crippen molar-refractivity contribution in [1.29, 1.82) is 0 Å². The molecule has 1 N–H and O–H groups in total. The van der Waals surface area contributed by atoms with E-state index in [4.69, 9.17) is 4.74 Å². The molecule has 9 heteroatoms. The first kappa shape index (κ1) is 23.7. The van der Waals surface area contributed by atoms with Gasteiger partial charge in [0.25, 0.3) is 0 Å². The minimum Gasteiger partial charge on any atom is -0.490 e. The maximum Gasteiger partial charge on any atom is 0.420 e. The molecule has 1 aliphatic rings. The number of aliphatic hydroxyl groups excluding tert-OH is 1. The molecule has 1 aliphatic carbocycles. The molecule has 0 heterocycles. The van der Waals surface area contributed by atoms with Gasteiger partial charge in [-0.25, -0.2) is 0 Å². The zero-order chi connectivity index (χ0) is 21.8. The first-order valence-electron chi connectivity index (χ1n) is 9.02. The minimum absolute atomic E-state index is 0.0518. The van der Waals surface area contributed by atoms with Crippen LogP contribution in [0.2, 0.25) is 0 Å². The average molecular weight is 440 g/mol. The Morgan fingerprint density at radius 1 is 0.931 bits per heavy atom. The molecule has 2 aromatic carbocycles. The number of benzene rings is 2. The van der Waals surface area contributed by atoms with E-state index in [1.54, 1.807) is 6.26 Å². The van der Waals surface area contributed by atoms with E-state index in [1.807, 2.05) is 0 Å². The monoisotopic (exact) mass is 440 g/mol. The van der Waals surface area contributed by atoms with Crippen molar-refractivity contribution in [2.24, 2.45) is 5.92 Å². The lowest BCUT2D eigenvalue weighted by atomic mass is 9.87. The normalized spacial score (nSPS) is 20.2. The fourth-order valence-corrected chi connectivity index (χ4v) is 3.62. The summed E-state index contributed by atoms with van der Waals surface area (Å²) in [5.41, 5.74) is -0.608. The Kier molecular flexibility index (Phi) is 7.73. The fourth-order valence-electron chi connectivity index (χ4n) is 3.62. The topological polar surface area (TPSA) is 29.5 Å². The van der Waals surface area contributed by atoms with Gasteiger partial charge in [0.2, 0.25) is 0 Å². The van der Waals surface area contributed by atoms with Crippen LogP contribution in [-0.2, 0) is 12.8 Å². The van der Waals surface area contributed by atoms with E-state index in [1.165, 1.54) is 30.3 Å². The van der Waals surface area contributed by atoms with Crippen LogP contribution in [0.1, 0.15) is 36.8 Å². The van der Waals surface area contributed by atoms with Crippen molar-refractivity contribution < 1.29 is 36.2 Å². The third-order valence-corrected chi connectivity index (χ3v) is 5.00. The van der Waals surface area contributed by atoms with E-state index in [2.05, 4.69) is 12.6 Å². The number of ether oxygens (including phenoxy) is 1. The molecular formula is C20H22F6O2S. The van der Waals surface area contributed by atoms with Gasteiger partial charge in [-0.1, -0.05) is 24.3 Å². The molecule has 0 spiro atoms. The number of aliphatic hydroxyl groups is 1. The Balaban J connectivity index is 0.00000145. The van der Waals surface area contributed by atoms with E-state index in [0.717, 1.165) is 0 Å². The number of hydrogen-bond acceptors (Lipinski definition) is 3. The standard InChI is InChI=1S/C19H18F6O2.CH4S/c20-18(21,22)12-4-6-13(7-5-12)27-16-9-8-14-11(10-26)2-1-3-15(14)17(16)19(23,24)25;1-2/h1-3,8-9,12-13,26H,4-7,10H2;2H,1H3. The van der Waals surface area contributed by atoms with Gasteiger partial charge in [-0.3, -0.25) is 0 Å². The van der Waals surface area contributed by atoms with Gasteiger partial charge >= 0.3 is 12.4 Å². The van der Waals surface area contributed by atoms with Gasteiger partial charge < -0.3 is 9.84 Å². The summed E-state index contributed by atoms with van der Waals surface area (Å²) in [5, 5.41) is 9.51. The van der Waals surface area contributed by atoms with Gasteiger partial charge in [-0.2, -0.15) is 39.0 Å². The van der Waals surface area contributed by atoms with Crippen LogP contribution in [0.25, 0.3) is 10.8 Å². The molecule has 0 saturated heterocycles. The lowest BCUT2D eigenvalue weighted by Gasteiger charge is -2.31. The number of hydrogen-bond donors (Lipinski definition) is 2. The molecule has 1 fully saturated rings. The SMILES string of the molecule is CS.OCc1cccc2c(C(F)(F)F)c(OC3CCC(C(F)(F)F)CC3)ccc12. The zero-order valence-corrected chi connectivity index (χ0v) is 16.5. The van der Waals surface area contributed by atoms with Crippen LogP contribution in [0.4, 0.5) is 26.3 Å². The second kappa shape index (κ2) is 9.47. The van der Waals surface area contributed by atoms with E-state index in [0.29, 0.717) is 5.56 Å². The molecule has 162 valence electrons. The summed E-state index contributed by atoms with van der Waals surface area (Å²) in [4.78, 5) is 0. The van der Waals surface area contributed by atoms with E-state index >= 15 is 0 Å². The van der Waals surface area contributed by atoms with Crippen LogP contribution in [-0.4, -0.2) is 23.6 Å². The molecule has 29 heavy (non-hydrogen) atoms. The Morgan fingerprint density at radius 2 is 1.55 bits per heavy atom. The largest absolute Gasteiger partial charge is 0.490 e. The summed E-state index contributed by atoms with van der Waals surface area (Å²) < 4.78 is 84.8. The smallest absolute Gasteiger partial charge is 0.420 e. The summed E-state index contributed by atoms with van der Waals surface area (Å²) in [6.07, 6.45) is -8.19. The van der Waals surface area contributed by atoms with Gasteiger partial charge in [0, 0.05) is 0 Å². The van der Waals surface area contributed by atoms with Crippen molar-refractivity contribution >= 4 is 23.4 Å². The second-order valence-corrected chi connectivity index (χ2v) is 6.74. The number of thiol groups is 1. The van der Waals surface area contributed by atoms with Crippen LogP contribution < -0.4 is 4.74 Å². The first-order valence-corrected chi connectivity index (χ1v) is 9.91. The minimum atomic E-state index is -4.70. The second-order valence-electron chi connectivity index (χ2n) is 6.74. The molecule has 0 aromatic heterocycles. The zero-order valence-electron chi connectivity index (χ0n) is 15.6. The molecule has 0 atom stereocenters. The highest BCUT2D eigenvalue weighted by molar-refractivity contribution is 7.79. The number of alkyl halides is 6. The molecule has 2 aromatic rings. The van der Waals surface area contributed by atoms with Crippen molar-refractivity contribution in [1.82, 2.24) is 0 Å². The molecule has 0 bridgehead atoms. The lowest BCUT2D eigenvalue weighted by molar-refractivity contribution is -0.185. The molecule has 0 unspecified atom stereocenters. The van der Waals surface area contributed by atoms with Crippen LogP contribution in [0.15, 0.2) is 30.3 Å². The van der Waals surface area contributed by atoms with Crippen LogP contribution in [0.3, 0.4) is 0 Å². The van der Waals surface area contributed by atoms with E-state index in [9.17, 15) is 31.4 Å². The summed E-state index contributed by atoms with van der Waals surface area (Å²) in [6, 6.07) is 6.86. The molecule has 3 rings (SSSR count). The highest BCUT2D eigenvalue weighted by Crippen LogP contribution is 2.44. The third kappa shape index (κ3) is 5.51. The van der Waals surface area contributed by atoms with Crippen molar-refractivity contribution in [3.05, 3.63) is 41.5 Å². The highest BCUT2D eigenvalue weighted by atomic mass is 32.1. The van der Waals surface area contributed by atoms with Crippen LogP contribution in [0.5, 0.6) is 5.75 Å². The van der Waals surface area contributed by atoms with Gasteiger partial charge in [-0.05, 0) is 54.3 Å². The van der Waals surface area contributed by atoms with Crippen molar-refractivity contribution in [3.63, 3.8) is 0 Å². The van der Waals surface area contributed by atoms with Crippen molar-refractivity contribution in [3.8, 4) is 5.75 Å². The van der Waals surface area contributed by atoms with Crippen LogP contribution in [0, 0.1) is 5.92 Å². The van der Waals surface area contributed by atoms with Gasteiger partial charge in [0.15, 0.2) is 0 Å². The Bertz CT molecular complexity index is 811. The van der Waals surface area contributed by atoms with Gasteiger partial charge in [-0.15, -0.1) is 0 Å². The lowest BCUT2D eigenvalue weighted by Crippen LogP contribution is -2.32. The quantitative estimate of drug-likeness (QED) is 0.427. The molecular weight excluding hydrogens is 418 g/mol. The van der Waals surface area contributed by atoms with Crippen molar-refractivity contribution in [2.45, 2.75) is 50.7 Å². The third-order valence-electron chi connectivity index (χ3n) is 5.00. The predicted octanol–water partition coefficient (Wildman–Crippen LogP) is 6.40. The Labute approximate surface area is 170 Å². The van der Waals surface area contributed by atoms with E-state index in [-0.39, 0.29) is 42.2 Å². The molecule has 0 aliphatic heterocycles. The summed E-state index contributed by atoms with van der Waals surface area (Å²) in [6.45, 7) is -0.406. The molecule has 2 nitrogen and oxygen atoms in total. The predicted molar refractivity (Wildman–Crippen MR) is 102 cm³/mol. The van der Waals surface area contributed by atoms with E-state index < -0.39 is 36.5 Å². The van der Waals surface area contributed by atoms with Gasteiger partial charge in [0.1, 0.15) is 11.3 Å². The van der Waals surface area contributed by atoms with Crippen molar-refractivity contribution in [2.75, 3.05) is 6.26 Å². The number of rotatable bonds is 3. The van der Waals surface area contributed by atoms with Crippen LogP contribution >= 0.6 is 12.6 Å². The average Bonchev–Trinajstić information content (AvgIpc) is 2.67. The molecule has 0 amide bonds. The summed E-state index contributed by atoms with van der Waals surface area (Å²) in [7, 11) is 0. The highest BCUT2D eigenvalue weighted by Gasteiger charge is 2.42. The number of halogens is 6.